The number of nitrogens with zero attached hydrogens (tertiary/aromatic N) is 4. The molecule has 0 bridgehead atoms. The number of aromatic amines is 1. The van der Waals surface area contributed by atoms with Gasteiger partial charge in [-0.15, -0.1) is 5.10 Å². The fourth-order valence-corrected chi connectivity index (χ4v) is 1.26. The number of nitrogens with one attached hydrogen (secondary N) is 1. The van der Waals surface area contributed by atoms with Gasteiger partial charge in [-0.25, -0.2) is 0 Å². The van der Waals surface area contributed by atoms with Gasteiger partial charge in [0.15, 0.2) is 0 Å². The van der Waals surface area contributed by atoms with Gasteiger partial charge in [-0.1, -0.05) is 29.4 Å². The maximum absolute atomic E-state index is 3.94. The van der Waals surface area contributed by atoms with E-state index < -0.39 is 0 Å². The highest BCUT2D eigenvalue weighted by Gasteiger charge is 2.08. The molecule has 76 valence electrons. The second-order valence-corrected chi connectivity index (χ2v) is 2.90. The molecule has 0 fully saturated rings. The summed E-state index contributed by atoms with van der Waals surface area (Å²) in [5.74, 6) is 0.527. The van der Waals surface area contributed by atoms with Gasteiger partial charge in [0.1, 0.15) is 0 Å². The quantitative estimate of drug-likeness (QED) is 0.823. The van der Waals surface area contributed by atoms with Gasteiger partial charge >= 0.3 is 0 Å². The molecule has 0 aliphatic carbocycles. The minimum atomic E-state index is 0.527. The molecular formula is C10H11N5. The Morgan fingerprint density at radius 2 is 2.07 bits per heavy atom. The van der Waals surface area contributed by atoms with Gasteiger partial charge in [0.05, 0.1) is 0 Å². The van der Waals surface area contributed by atoms with Gasteiger partial charge in [0.25, 0.3) is 5.95 Å². The first kappa shape index (κ1) is 9.39. The van der Waals surface area contributed by atoms with Gasteiger partial charge in [-0.05, 0) is 24.3 Å². The van der Waals surface area contributed by atoms with Crippen molar-refractivity contribution in [2.24, 2.45) is 0 Å². The molecule has 0 saturated heterocycles. The molecule has 0 spiro atoms. The van der Waals surface area contributed by atoms with E-state index in [1.165, 1.54) is 0 Å². The van der Waals surface area contributed by atoms with E-state index in [0.29, 0.717) is 5.95 Å². The van der Waals surface area contributed by atoms with Gasteiger partial charge in [-0.3, -0.25) is 4.90 Å². The summed E-state index contributed by atoms with van der Waals surface area (Å²) in [6.45, 7) is 1.94. The topological polar surface area (TPSA) is 57.7 Å². The van der Waals surface area contributed by atoms with Gasteiger partial charge in [-0.2, -0.15) is 5.21 Å². The normalized spacial score (nSPS) is 10.7. The van der Waals surface area contributed by atoms with Crippen LogP contribution in [0.25, 0.3) is 0 Å². The number of aromatic nitrogens is 4. The van der Waals surface area contributed by atoms with Crippen molar-refractivity contribution in [1.82, 2.24) is 20.6 Å². The summed E-state index contributed by atoms with van der Waals surface area (Å²) >= 11 is 0. The molecule has 0 saturated carbocycles. The lowest BCUT2D eigenvalue weighted by molar-refractivity contribution is 0.881. The zero-order valence-electron chi connectivity index (χ0n) is 8.33. The lowest BCUT2D eigenvalue weighted by Crippen LogP contribution is -2.09. The molecule has 1 heterocycles. The van der Waals surface area contributed by atoms with Gasteiger partial charge in [0, 0.05) is 11.9 Å². The molecule has 0 atom stereocenters. The summed E-state index contributed by atoms with van der Waals surface area (Å²) in [4.78, 5) is 1.85. The number of hydrogen-bond donors (Lipinski definition) is 1. The van der Waals surface area contributed by atoms with Crippen LogP contribution in [0.1, 0.15) is 6.92 Å². The number of tetrazole rings is 1. The Kier molecular flexibility index (Phi) is 2.73. The third-order valence-electron chi connectivity index (χ3n) is 1.88. The first-order valence-electron chi connectivity index (χ1n) is 4.62. The van der Waals surface area contributed by atoms with Gasteiger partial charge < -0.3 is 0 Å². The van der Waals surface area contributed by atoms with Crippen LogP contribution in [0.3, 0.4) is 0 Å². The van der Waals surface area contributed by atoms with E-state index in [2.05, 4.69) is 20.6 Å². The number of anilines is 2. The summed E-state index contributed by atoms with van der Waals surface area (Å²) in [5, 5.41) is 13.8. The number of para-hydroxylation sites is 1. The van der Waals surface area contributed by atoms with Crippen LogP contribution in [0.15, 0.2) is 42.6 Å². The number of benzene rings is 1. The third kappa shape index (κ3) is 2.01. The molecule has 2 aromatic rings. The molecule has 1 N–H and O–H groups in total. The summed E-state index contributed by atoms with van der Waals surface area (Å²) in [6, 6.07) is 9.86. The molecule has 5 nitrogen and oxygen atoms in total. The van der Waals surface area contributed by atoms with Crippen LogP contribution in [0, 0.1) is 0 Å². The minimum absolute atomic E-state index is 0.527. The lowest BCUT2D eigenvalue weighted by Gasteiger charge is -2.14. The third-order valence-corrected chi connectivity index (χ3v) is 1.88. The second kappa shape index (κ2) is 4.36. The number of hydrogen-bond acceptors (Lipinski definition) is 4. The summed E-state index contributed by atoms with van der Waals surface area (Å²) in [6.07, 6.45) is 3.81. The Morgan fingerprint density at radius 3 is 2.67 bits per heavy atom. The average molecular weight is 201 g/mol. The zero-order valence-corrected chi connectivity index (χ0v) is 8.33. The van der Waals surface area contributed by atoms with Crippen molar-refractivity contribution in [3.63, 3.8) is 0 Å². The fourth-order valence-electron chi connectivity index (χ4n) is 1.26. The van der Waals surface area contributed by atoms with Crippen molar-refractivity contribution in [2.45, 2.75) is 6.92 Å². The van der Waals surface area contributed by atoms with Crippen LogP contribution in [0.5, 0.6) is 0 Å². The van der Waals surface area contributed by atoms with Crippen molar-refractivity contribution in [1.29, 1.82) is 0 Å². The SMILES string of the molecule is CC=CN(c1ccccc1)c1nn[nH]n1. The van der Waals surface area contributed by atoms with Crippen LogP contribution < -0.4 is 4.90 Å². The number of allylic oxidation sites excluding steroid dienone is 1. The molecule has 0 aliphatic rings. The van der Waals surface area contributed by atoms with E-state index in [9.17, 15) is 0 Å². The number of rotatable bonds is 3. The molecule has 5 heteroatoms. The summed E-state index contributed by atoms with van der Waals surface area (Å²) in [5.41, 5.74) is 0.997. The second-order valence-electron chi connectivity index (χ2n) is 2.90. The monoisotopic (exact) mass is 201 g/mol. The van der Waals surface area contributed by atoms with Crippen molar-refractivity contribution >= 4 is 11.6 Å². The molecule has 1 aromatic heterocycles. The molecule has 0 radical (unpaired) electrons. The van der Waals surface area contributed by atoms with Gasteiger partial charge in [0.2, 0.25) is 0 Å². The predicted octanol–water partition coefficient (Wildman–Crippen LogP) is 1.87. The molecule has 15 heavy (non-hydrogen) atoms. The molecule has 0 aliphatic heterocycles. The number of H-pyrrole nitrogens is 1. The van der Waals surface area contributed by atoms with Crippen LogP contribution in [0.2, 0.25) is 0 Å². The Hall–Kier alpha value is -2.17. The van der Waals surface area contributed by atoms with Crippen molar-refractivity contribution in [3.05, 3.63) is 42.6 Å². The molecule has 2 rings (SSSR count). The zero-order chi connectivity index (χ0) is 10.5. The standard InChI is InChI=1S/C10H11N5/c1-2-8-15(10-11-13-14-12-10)9-6-4-3-5-7-9/h2-8H,1H3,(H,11,12,13,14). The van der Waals surface area contributed by atoms with E-state index in [0.717, 1.165) is 5.69 Å². The smallest absolute Gasteiger partial charge is 0.274 e. The van der Waals surface area contributed by atoms with E-state index in [-0.39, 0.29) is 0 Å². The van der Waals surface area contributed by atoms with Crippen molar-refractivity contribution < 1.29 is 0 Å². The Bertz CT molecular complexity index is 420. The highest BCUT2D eigenvalue weighted by atomic mass is 15.5. The maximum atomic E-state index is 3.94. The highest BCUT2D eigenvalue weighted by molar-refractivity contribution is 5.59. The molecular weight excluding hydrogens is 190 g/mol. The first-order chi connectivity index (χ1) is 7.42. The van der Waals surface area contributed by atoms with Crippen molar-refractivity contribution in [3.8, 4) is 0 Å². The minimum Gasteiger partial charge on any atom is -0.284 e. The average Bonchev–Trinajstić information content (AvgIpc) is 2.80. The Labute approximate surface area is 87.4 Å². The lowest BCUT2D eigenvalue weighted by atomic mass is 10.3. The summed E-state index contributed by atoms with van der Waals surface area (Å²) < 4.78 is 0. The Morgan fingerprint density at radius 1 is 1.27 bits per heavy atom. The molecule has 1 aromatic carbocycles. The molecule has 0 unspecified atom stereocenters. The van der Waals surface area contributed by atoms with E-state index >= 15 is 0 Å². The van der Waals surface area contributed by atoms with Crippen LogP contribution >= 0.6 is 0 Å². The molecule has 0 amide bonds. The van der Waals surface area contributed by atoms with Crippen LogP contribution in [0.4, 0.5) is 11.6 Å². The summed E-state index contributed by atoms with van der Waals surface area (Å²) in [7, 11) is 0. The van der Waals surface area contributed by atoms with Crippen molar-refractivity contribution in [2.75, 3.05) is 4.90 Å². The van der Waals surface area contributed by atoms with E-state index in [4.69, 9.17) is 0 Å². The fraction of sp³-hybridized carbons (Fsp3) is 0.100. The highest BCUT2D eigenvalue weighted by Crippen LogP contribution is 2.20. The van der Waals surface area contributed by atoms with E-state index in [1.54, 1.807) is 0 Å². The maximum Gasteiger partial charge on any atom is 0.274 e. The van der Waals surface area contributed by atoms with Crippen LogP contribution in [-0.4, -0.2) is 20.6 Å². The van der Waals surface area contributed by atoms with Crippen LogP contribution in [-0.2, 0) is 0 Å². The predicted molar refractivity (Wildman–Crippen MR) is 57.6 cm³/mol. The largest absolute Gasteiger partial charge is 0.284 e. The van der Waals surface area contributed by atoms with E-state index in [1.807, 2.05) is 54.4 Å². The first-order valence-corrected chi connectivity index (χ1v) is 4.62. The Balaban J connectivity index is 2.37.